The van der Waals surface area contributed by atoms with Crippen LogP contribution in [-0.4, -0.2) is 9.38 Å². The van der Waals surface area contributed by atoms with E-state index in [4.69, 9.17) is 4.98 Å². The molecule has 1 aliphatic rings. The monoisotopic (exact) mass is 318 g/mol. The zero-order valence-corrected chi connectivity index (χ0v) is 12.1. The van der Waals surface area contributed by atoms with E-state index in [2.05, 4.69) is 44.7 Å². The van der Waals surface area contributed by atoms with E-state index in [9.17, 15) is 0 Å². The summed E-state index contributed by atoms with van der Waals surface area (Å²) in [5, 5.41) is 0. The van der Waals surface area contributed by atoms with Crippen LogP contribution in [0.15, 0.2) is 34.9 Å². The Morgan fingerprint density at radius 2 is 2.22 bits per heavy atom. The molecule has 0 atom stereocenters. The third-order valence-electron chi connectivity index (χ3n) is 3.44. The van der Waals surface area contributed by atoms with Gasteiger partial charge in [0, 0.05) is 26.8 Å². The summed E-state index contributed by atoms with van der Waals surface area (Å²) >= 11 is 5.36. The van der Waals surface area contributed by atoms with Crippen LogP contribution in [0.2, 0.25) is 0 Å². The van der Waals surface area contributed by atoms with Gasteiger partial charge in [-0.25, -0.2) is 4.98 Å². The first-order valence-corrected chi connectivity index (χ1v) is 7.68. The van der Waals surface area contributed by atoms with Gasteiger partial charge in [0.25, 0.3) is 0 Å². The molecule has 0 radical (unpaired) electrons. The SMILES string of the molecule is Brc1cccc(-c2cn3c4c(sc3n2)CCC4)c1. The van der Waals surface area contributed by atoms with Gasteiger partial charge in [-0.2, -0.15) is 0 Å². The number of rotatable bonds is 1. The Kier molecular flexibility index (Phi) is 2.35. The van der Waals surface area contributed by atoms with Gasteiger partial charge < -0.3 is 0 Å². The number of hydrogen-bond donors (Lipinski definition) is 0. The molecule has 0 aliphatic heterocycles. The average molecular weight is 319 g/mol. The second-order valence-electron chi connectivity index (χ2n) is 4.61. The number of fused-ring (bicyclic) bond motifs is 3. The van der Waals surface area contributed by atoms with Crippen LogP contribution in [0.4, 0.5) is 0 Å². The molecule has 2 heterocycles. The van der Waals surface area contributed by atoms with Crippen LogP contribution in [0, 0.1) is 0 Å². The van der Waals surface area contributed by atoms with E-state index in [1.54, 1.807) is 0 Å². The van der Waals surface area contributed by atoms with E-state index in [-0.39, 0.29) is 0 Å². The summed E-state index contributed by atoms with van der Waals surface area (Å²) in [7, 11) is 0. The van der Waals surface area contributed by atoms with Crippen LogP contribution in [0.1, 0.15) is 17.0 Å². The second-order valence-corrected chi connectivity index (χ2v) is 6.59. The van der Waals surface area contributed by atoms with Crippen molar-refractivity contribution in [2.24, 2.45) is 0 Å². The quantitative estimate of drug-likeness (QED) is 0.653. The van der Waals surface area contributed by atoms with Gasteiger partial charge in [-0.15, -0.1) is 11.3 Å². The number of aryl methyl sites for hydroxylation is 2. The lowest BCUT2D eigenvalue weighted by Crippen LogP contribution is -1.85. The van der Waals surface area contributed by atoms with Crippen molar-refractivity contribution in [2.75, 3.05) is 0 Å². The molecular formula is C14H11BrN2S. The minimum atomic E-state index is 1.07. The van der Waals surface area contributed by atoms with Gasteiger partial charge >= 0.3 is 0 Å². The zero-order chi connectivity index (χ0) is 12.1. The maximum atomic E-state index is 4.75. The molecule has 0 amide bonds. The summed E-state index contributed by atoms with van der Waals surface area (Å²) < 4.78 is 3.38. The lowest BCUT2D eigenvalue weighted by molar-refractivity contribution is 0.888. The van der Waals surface area contributed by atoms with Gasteiger partial charge in [0.05, 0.1) is 5.69 Å². The summed E-state index contributed by atoms with van der Waals surface area (Å²) in [6.07, 6.45) is 5.90. The lowest BCUT2D eigenvalue weighted by atomic mass is 10.2. The zero-order valence-electron chi connectivity index (χ0n) is 9.69. The first kappa shape index (κ1) is 10.8. The molecular weight excluding hydrogens is 308 g/mol. The molecule has 0 N–H and O–H groups in total. The smallest absolute Gasteiger partial charge is 0.194 e. The summed E-state index contributed by atoms with van der Waals surface area (Å²) in [5.74, 6) is 0. The molecule has 0 saturated carbocycles. The van der Waals surface area contributed by atoms with Crippen molar-refractivity contribution in [1.29, 1.82) is 0 Å². The molecule has 0 bridgehead atoms. The first-order valence-electron chi connectivity index (χ1n) is 6.07. The Balaban J connectivity index is 1.89. The number of benzene rings is 1. The Bertz CT molecular complexity index is 741. The third-order valence-corrected chi connectivity index (χ3v) is 5.09. The van der Waals surface area contributed by atoms with Gasteiger partial charge in [0.1, 0.15) is 0 Å². The first-order chi connectivity index (χ1) is 8.81. The van der Waals surface area contributed by atoms with Crippen LogP contribution in [0.25, 0.3) is 16.2 Å². The fourth-order valence-electron chi connectivity index (χ4n) is 2.59. The number of aromatic nitrogens is 2. The van der Waals surface area contributed by atoms with E-state index in [1.165, 1.54) is 35.4 Å². The third kappa shape index (κ3) is 1.56. The topological polar surface area (TPSA) is 17.3 Å². The molecule has 18 heavy (non-hydrogen) atoms. The fraction of sp³-hybridized carbons (Fsp3) is 0.214. The van der Waals surface area contributed by atoms with Gasteiger partial charge in [-0.05, 0) is 31.4 Å². The van der Waals surface area contributed by atoms with Gasteiger partial charge in [-0.3, -0.25) is 4.40 Å². The largest absolute Gasteiger partial charge is 0.294 e. The lowest BCUT2D eigenvalue weighted by Gasteiger charge is -1.96. The van der Waals surface area contributed by atoms with Gasteiger partial charge in [-0.1, -0.05) is 28.1 Å². The Morgan fingerprint density at radius 1 is 1.28 bits per heavy atom. The van der Waals surface area contributed by atoms with Crippen LogP contribution >= 0.6 is 27.3 Å². The maximum Gasteiger partial charge on any atom is 0.194 e. The molecule has 0 unspecified atom stereocenters. The molecule has 2 nitrogen and oxygen atoms in total. The molecule has 2 aromatic heterocycles. The fourth-order valence-corrected chi connectivity index (χ4v) is 4.18. The van der Waals surface area contributed by atoms with Crippen molar-refractivity contribution in [3.63, 3.8) is 0 Å². The van der Waals surface area contributed by atoms with Crippen molar-refractivity contribution in [3.05, 3.63) is 45.5 Å². The van der Waals surface area contributed by atoms with Gasteiger partial charge in [0.2, 0.25) is 0 Å². The average Bonchev–Trinajstić information content (AvgIpc) is 2.99. The van der Waals surface area contributed by atoms with Crippen molar-refractivity contribution >= 4 is 32.2 Å². The summed E-state index contributed by atoms with van der Waals surface area (Å²) in [4.78, 5) is 7.41. The van der Waals surface area contributed by atoms with Crippen molar-refractivity contribution in [1.82, 2.24) is 9.38 Å². The molecule has 1 aromatic carbocycles. The van der Waals surface area contributed by atoms with E-state index < -0.39 is 0 Å². The molecule has 0 saturated heterocycles. The Labute approximate surface area is 117 Å². The van der Waals surface area contributed by atoms with Crippen molar-refractivity contribution < 1.29 is 0 Å². The predicted molar refractivity (Wildman–Crippen MR) is 78.2 cm³/mol. The standard InChI is InChI=1S/C14H11BrN2S/c15-10-4-1-3-9(7-10)11-8-17-12-5-2-6-13(12)18-14(17)16-11/h1,3-4,7-8H,2,5-6H2. The number of halogens is 1. The highest BCUT2D eigenvalue weighted by atomic mass is 79.9. The molecule has 3 aromatic rings. The van der Waals surface area contributed by atoms with Gasteiger partial charge in [0.15, 0.2) is 4.96 Å². The number of imidazole rings is 1. The molecule has 0 spiro atoms. The summed E-state index contributed by atoms with van der Waals surface area (Å²) in [6.45, 7) is 0. The molecule has 90 valence electrons. The molecule has 4 heteroatoms. The number of thiazole rings is 1. The van der Waals surface area contributed by atoms with Crippen LogP contribution < -0.4 is 0 Å². The summed E-state index contributed by atoms with van der Waals surface area (Å²) in [5.41, 5.74) is 3.72. The van der Waals surface area contributed by atoms with Crippen molar-refractivity contribution in [2.45, 2.75) is 19.3 Å². The summed E-state index contributed by atoms with van der Waals surface area (Å²) in [6, 6.07) is 8.32. The number of nitrogens with zero attached hydrogens (tertiary/aromatic N) is 2. The molecule has 4 rings (SSSR count). The van der Waals surface area contributed by atoms with Crippen LogP contribution in [0.5, 0.6) is 0 Å². The molecule has 1 aliphatic carbocycles. The molecule has 0 fully saturated rings. The normalized spacial score (nSPS) is 14.3. The van der Waals surface area contributed by atoms with E-state index in [0.717, 1.165) is 15.1 Å². The van der Waals surface area contributed by atoms with Crippen LogP contribution in [-0.2, 0) is 12.8 Å². The minimum Gasteiger partial charge on any atom is -0.294 e. The maximum absolute atomic E-state index is 4.75. The highest BCUT2D eigenvalue weighted by Gasteiger charge is 2.19. The van der Waals surface area contributed by atoms with E-state index >= 15 is 0 Å². The highest BCUT2D eigenvalue weighted by Crippen LogP contribution is 2.33. The van der Waals surface area contributed by atoms with Crippen molar-refractivity contribution in [3.8, 4) is 11.3 Å². The number of hydrogen-bond acceptors (Lipinski definition) is 2. The predicted octanol–water partition coefficient (Wildman–Crippen LogP) is 4.31. The minimum absolute atomic E-state index is 1.07. The van der Waals surface area contributed by atoms with E-state index in [1.807, 2.05) is 17.4 Å². The van der Waals surface area contributed by atoms with Crippen LogP contribution in [0.3, 0.4) is 0 Å². The van der Waals surface area contributed by atoms with E-state index in [0.29, 0.717) is 0 Å². The second kappa shape index (κ2) is 3.93. The Morgan fingerprint density at radius 3 is 3.11 bits per heavy atom. The Hall–Kier alpha value is -1.13. The highest BCUT2D eigenvalue weighted by molar-refractivity contribution is 9.10.